The van der Waals surface area contributed by atoms with Crippen LogP contribution in [0.4, 0.5) is 0 Å². The monoisotopic (exact) mass is 338 g/mol. The van der Waals surface area contributed by atoms with Crippen LogP contribution in [0.2, 0.25) is 0 Å². The molecule has 2 unspecified atom stereocenters. The van der Waals surface area contributed by atoms with Crippen LogP contribution >= 0.6 is 12.4 Å². The maximum absolute atomic E-state index is 12.6. The molecule has 0 aromatic heterocycles. The third kappa shape index (κ3) is 4.95. The Morgan fingerprint density at radius 1 is 1.35 bits per heavy atom. The van der Waals surface area contributed by atoms with Gasteiger partial charge in [-0.25, -0.2) is 0 Å². The van der Waals surface area contributed by atoms with Gasteiger partial charge < -0.3 is 10.6 Å². The number of amides is 1. The lowest BCUT2D eigenvalue weighted by molar-refractivity contribution is -0.135. The molecule has 0 spiro atoms. The summed E-state index contributed by atoms with van der Waals surface area (Å²) in [6.07, 6.45) is 2.53. The second-order valence-electron chi connectivity index (χ2n) is 7.40. The summed E-state index contributed by atoms with van der Waals surface area (Å²) in [6, 6.07) is 8.84. The topological polar surface area (TPSA) is 46.3 Å². The van der Waals surface area contributed by atoms with E-state index < -0.39 is 0 Å². The number of carbonyl (C=O) groups is 1. The largest absolute Gasteiger partial charge is 0.342 e. The lowest BCUT2D eigenvalue weighted by Crippen LogP contribution is -2.54. The molecule has 1 amide bonds. The second-order valence-corrected chi connectivity index (χ2v) is 7.40. The Kier molecular flexibility index (Phi) is 7.09. The van der Waals surface area contributed by atoms with E-state index in [9.17, 15) is 4.79 Å². The molecule has 2 rings (SSSR count). The van der Waals surface area contributed by atoms with Gasteiger partial charge in [0.15, 0.2) is 0 Å². The van der Waals surface area contributed by atoms with E-state index >= 15 is 0 Å². The quantitative estimate of drug-likeness (QED) is 0.908. The number of rotatable bonds is 4. The van der Waals surface area contributed by atoms with E-state index in [1.165, 1.54) is 11.1 Å². The predicted octanol–water partition coefficient (Wildman–Crippen LogP) is 3.75. The van der Waals surface area contributed by atoms with Gasteiger partial charge in [-0.05, 0) is 35.3 Å². The minimum atomic E-state index is 0. The molecule has 1 saturated heterocycles. The average Bonchev–Trinajstić information content (AvgIpc) is 2.49. The molecule has 1 aromatic carbocycles. The van der Waals surface area contributed by atoms with E-state index in [0.717, 1.165) is 25.9 Å². The van der Waals surface area contributed by atoms with Gasteiger partial charge in [-0.1, -0.05) is 52.0 Å². The number of hydrogen-bond donors (Lipinski definition) is 1. The Bertz CT molecular complexity index is 513. The maximum atomic E-state index is 12.6. The lowest BCUT2D eigenvalue weighted by atomic mass is 9.79. The number of nitrogens with zero attached hydrogens (tertiary/aromatic N) is 1. The Morgan fingerprint density at radius 3 is 2.48 bits per heavy atom. The summed E-state index contributed by atoms with van der Waals surface area (Å²) in [6.45, 7) is 10.2. The van der Waals surface area contributed by atoms with E-state index in [1.807, 2.05) is 4.90 Å². The van der Waals surface area contributed by atoms with Crippen molar-refractivity contribution in [1.29, 1.82) is 0 Å². The van der Waals surface area contributed by atoms with Crippen LogP contribution in [-0.4, -0.2) is 29.9 Å². The minimum Gasteiger partial charge on any atom is -0.342 e. The van der Waals surface area contributed by atoms with Crippen molar-refractivity contribution in [2.45, 2.75) is 58.9 Å². The van der Waals surface area contributed by atoms with Gasteiger partial charge in [0, 0.05) is 25.6 Å². The smallest absolute Gasteiger partial charge is 0.223 e. The van der Waals surface area contributed by atoms with Crippen LogP contribution in [0.1, 0.15) is 57.6 Å². The fraction of sp³-hybridized carbons (Fsp3) is 0.632. The second kappa shape index (κ2) is 8.16. The summed E-state index contributed by atoms with van der Waals surface area (Å²) in [5, 5.41) is 0. The van der Waals surface area contributed by atoms with Gasteiger partial charge in [-0.2, -0.15) is 0 Å². The first-order valence-electron chi connectivity index (χ1n) is 8.45. The van der Waals surface area contributed by atoms with Gasteiger partial charge in [0.1, 0.15) is 0 Å². The van der Waals surface area contributed by atoms with Crippen LogP contribution in [0, 0.1) is 5.41 Å². The molecule has 1 aromatic rings. The van der Waals surface area contributed by atoms with Crippen LogP contribution < -0.4 is 5.73 Å². The van der Waals surface area contributed by atoms with Crippen molar-refractivity contribution >= 4 is 18.3 Å². The Morgan fingerprint density at radius 2 is 1.96 bits per heavy atom. The average molecular weight is 339 g/mol. The van der Waals surface area contributed by atoms with Crippen molar-refractivity contribution in [1.82, 2.24) is 4.90 Å². The highest BCUT2D eigenvalue weighted by atomic mass is 35.5. The van der Waals surface area contributed by atoms with Gasteiger partial charge >= 0.3 is 0 Å². The Labute approximate surface area is 147 Å². The molecule has 1 fully saturated rings. The van der Waals surface area contributed by atoms with Gasteiger partial charge in [-0.15, -0.1) is 12.4 Å². The summed E-state index contributed by atoms with van der Waals surface area (Å²) in [4.78, 5) is 14.6. The number of halogens is 1. The highest BCUT2D eigenvalue weighted by Crippen LogP contribution is 2.29. The van der Waals surface area contributed by atoms with E-state index in [0.29, 0.717) is 6.42 Å². The number of nitrogens with two attached hydrogens (primary N) is 1. The molecule has 0 aliphatic carbocycles. The molecule has 4 heteroatoms. The fourth-order valence-corrected chi connectivity index (χ4v) is 3.18. The molecular weight excluding hydrogens is 308 g/mol. The summed E-state index contributed by atoms with van der Waals surface area (Å²) in [5.74, 6) is 0.518. The van der Waals surface area contributed by atoms with E-state index in [2.05, 4.69) is 52.0 Å². The number of piperidine rings is 1. The van der Waals surface area contributed by atoms with E-state index in [-0.39, 0.29) is 35.7 Å². The van der Waals surface area contributed by atoms with Crippen LogP contribution in [0.3, 0.4) is 0 Å². The molecule has 2 atom stereocenters. The standard InChI is InChI=1S/C19H30N2O.ClH/c1-5-15-6-8-16(9-7-15)14(2)12-18(22)21-11-10-17(20)19(3,4)13-21;/h6-9,14,17H,5,10-13,20H2,1-4H3;1H. The number of carbonyl (C=O) groups excluding carboxylic acids is 1. The zero-order valence-electron chi connectivity index (χ0n) is 14.8. The van der Waals surface area contributed by atoms with Crippen LogP contribution in [0.15, 0.2) is 24.3 Å². The lowest BCUT2D eigenvalue weighted by Gasteiger charge is -2.42. The third-order valence-corrected chi connectivity index (χ3v) is 5.10. The molecule has 3 nitrogen and oxygen atoms in total. The molecule has 2 N–H and O–H groups in total. The van der Waals surface area contributed by atoms with Crippen LogP contribution in [0.5, 0.6) is 0 Å². The van der Waals surface area contributed by atoms with Crippen molar-refractivity contribution in [3.05, 3.63) is 35.4 Å². The van der Waals surface area contributed by atoms with Crippen LogP contribution in [0.25, 0.3) is 0 Å². The van der Waals surface area contributed by atoms with Crippen molar-refractivity contribution in [2.75, 3.05) is 13.1 Å². The van der Waals surface area contributed by atoms with Crippen molar-refractivity contribution in [3.8, 4) is 0 Å². The zero-order valence-corrected chi connectivity index (χ0v) is 15.7. The van der Waals surface area contributed by atoms with Crippen LogP contribution in [-0.2, 0) is 11.2 Å². The van der Waals surface area contributed by atoms with Gasteiger partial charge in [0.2, 0.25) is 5.91 Å². The van der Waals surface area contributed by atoms with Crippen molar-refractivity contribution in [3.63, 3.8) is 0 Å². The fourth-order valence-electron chi connectivity index (χ4n) is 3.18. The number of likely N-dealkylation sites (tertiary alicyclic amines) is 1. The normalized spacial score (nSPS) is 21.4. The van der Waals surface area contributed by atoms with E-state index in [1.54, 1.807) is 0 Å². The number of hydrogen-bond acceptors (Lipinski definition) is 2. The van der Waals surface area contributed by atoms with E-state index in [4.69, 9.17) is 5.73 Å². The minimum absolute atomic E-state index is 0. The molecule has 0 radical (unpaired) electrons. The third-order valence-electron chi connectivity index (χ3n) is 5.10. The molecular formula is C19H31ClN2O. The first-order valence-corrected chi connectivity index (χ1v) is 8.45. The summed E-state index contributed by atoms with van der Waals surface area (Å²) >= 11 is 0. The summed E-state index contributed by atoms with van der Waals surface area (Å²) in [5.41, 5.74) is 8.76. The molecule has 1 aliphatic heterocycles. The molecule has 130 valence electrons. The summed E-state index contributed by atoms with van der Waals surface area (Å²) < 4.78 is 0. The first-order chi connectivity index (χ1) is 10.3. The highest BCUT2D eigenvalue weighted by molar-refractivity contribution is 5.85. The molecule has 23 heavy (non-hydrogen) atoms. The molecule has 0 bridgehead atoms. The SMILES string of the molecule is CCc1ccc(C(C)CC(=O)N2CCC(N)C(C)(C)C2)cc1.Cl. The predicted molar refractivity (Wildman–Crippen MR) is 99.1 cm³/mol. The van der Waals surface area contributed by atoms with Gasteiger partial charge in [-0.3, -0.25) is 4.79 Å². The molecule has 1 heterocycles. The molecule has 0 saturated carbocycles. The zero-order chi connectivity index (χ0) is 16.3. The number of aryl methyl sites for hydroxylation is 1. The Balaban J connectivity index is 0.00000264. The van der Waals surface area contributed by atoms with Crippen molar-refractivity contribution < 1.29 is 4.79 Å². The molecule has 1 aliphatic rings. The maximum Gasteiger partial charge on any atom is 0.223 e. The number of benzene rings is 1. The Hall–Kier alpha value is -1.06. The van der Waals surface area contributed by atoms with Gasteiger partial charge in [0.25, 0.3) is 0 Å². The van der Waals surface area contributed by atoms with Gasteiger partial charge in [0.05, 0.1) is 0 Å². The highest BCUT2D eigenvalue weighted by Gasteiger charge is 2.35. The summed E-state index contributed by atoms with van der Waals surface area (Å²) in [7, 11) is 0. The van der Waals surface area contributed by atoms with Crippen molar-refractivity contribution in [2.24, 2.45) is 11.1 Å². The first kappa shape index (κ1) is 20.0.